The molecule has 27 heavy (non-hydrogen) atoms. The molecule has 7 heteroatoms. The van der Waals surface area contributed by atoms with Gasteiger partial charge in [0.2, 0.25) is 5.91 Å². The molecule has 3 rings (SSSR count). The van der Waals surface area contributed by atoms with Crippen LogP contribution in [0.3, 0.4) is 0 Å². The molecule has 0 unspecified atom stereocenters. The first-order valence-electron chi connectivity index (χ1n) is 8.91. The fourth-order valence-electron chi connectivity index (χ4n) is 3.06. The van der Waals surface area contributed by atoms with Crippen molar-refractivity contribution in [2.75, 3.05) is 40.4 Å². The quantitative estimate of drug-likeness (QED) is 0.714. The zero-order valence-corrected chi connectivity index (χ0v) is 16.8. The molecule has 0 N–H and O–H groups in total. The molecule has 2 aromatic rings. The summed E-state index contributed by atoms with van der Waals surface area (Å²) < 4.78 is 10.6. The maximum atomic E-state index is 12.5. The third-order valence-corrected chi connectivity index (χ3v) is 5.40. The fraction of sp³-hybridized carbons (Fsp3) is 0.400. The summed E-state index contributed by atoms with van der Waals surface area (Å²) in [5.41, 5.74) is 1.97. The van der Waals surface area contributed by atoms with Gasteiger partial charge in [-0.3, -0.25) is 9.69 Å². The van der Waals surface area contributed by atoms with Gasteiger partial charge in [0, 0.05) is 55.8 Å². The zero-order chi connectivity index (χ0) is 19.2. The van der Waals surface area contributed by atoms with E-state index in [9.17, 15) is 4.79 Å². The van der Waals surface area contributed by atoms with Gasteiger partial charge in [-0.25, -0.2) is 4.98 Å². The Morgan fingerprint density at radius 3 is 2.63 bits per heavy atom. The van der Waals surface area contributed by atoms with Crippen LogP contribution >= 0.6 is 11.3 Å². The average Bonchev–Trinajstić information content (AvgIpc) is 3.11. The van der Waals surface area contributed by atoms with Crippen LogP contribution in [0, 0.1) is 6.92 Å². The van der Waals surface area contributed by atoms with Gasteiger partial charge in [0.05, 0.1) is 24.9 Å². The summed E-state index contributed by atoms with van der Waals surface area (Å²) in [4.78, 5) is 21.2. The minimum absolute atomic E-state index is 0.0250. The van der Waals surface area contributed by atoms with E-state index in [4.69, 9.17) is 9.47 Å². The van der Waals surface area contributed by atoms with Gasteiger partial charge in [-0.1, -0.05) is 0 Å². The average molecular weight is 388 g/mol. The third-order valence-electron chi connectivity index (χ3n) is 4.58. The normalized spacial score (nSPS) is 15.3. The van der Waals surface area contributed by atoms with Crippen molar-refractivity contribution in [2.45, 2.75) is 13.5 Å². The Balaban J connectivity index is 1.54. The van der Waals surface area contributed by atoms with E-state index in [-0.39, 0.29) is 5.91 Å². The number of hydrogen-bond donors (Lipinski definition) is 0. The Hall–Kier alpha value is -2.38. The van der Waals surface area contributed by atoms with Gasteiger partial charge in [-0.05, 0) is 25.1 Å². The largest absolute Gasteiger partial charge is 0.497 e. The monoisotopic (exact) mass is 387 g/mol. The van der Waals surface area contributed by atoms with Crippen molar-refractivity contribution in [3.63, 3.8) is 0 Å². The van der Waals surface area contributed by atoms with Crippen LogP contribution in [0.25, 0.3) is 6.08 Å². The van der Waals surface area contributed by atoms with E-state index >= 15 is 0 Å². The van der Waals surface area contributed by atoms with Gasteiger partial charge < -0.3 is 14.4 Å². The van der Waals surface area contributed by atoms with E-state index in [1.807, 2.05) is 30.0 Å². The lowest BCUT2D eigenvalue weighted by Gasteiger charge is -2.33. The summed E-state index contributed by atoms with van der Waals surface area (Å²) in [6.07, 6.45) is 3.41. The lowest BCUT2D eigenvalue weighted by atomic mass is 10.1. The Morgan fingerprint density at radius 1 is 1.22 bits per heavy atom. The van der Waals surface area contributed by atoms with Gasteiger partial charge in [-0.2, -0.15) is 0 Å². The van der Waals surface area contributed by atoms with Crippen molar-refractivity contribution in [3.05, 3.63) is 45.9 Å². The number of thiazole rings is 1. The van der Waals surface area contributed by atoms with E-state index in [0.717, 1.165) is 54.7 Å². The number of piperazine rings is 1. The number of hydrogen-bond acceptors (Lipinski definition) is 6. The number of amides is 1. The minimum atomic E-state index is 0.0250. The van der Waals surface area contributed by atoms with Crippen LogP contribution < -0.4 is 9.47 Å². The number of aryl methyl sites for hydroxylation is 1. The van der Waals surface area contributed by atoms with Crippen LogP contribution in [0.2, 0.25) is 0 Å². The van der Waals surface area contributed by atoms with Crippen LogP contribution in [0.4, 0.5) is 0 Å². The smallest absolute Gasteiger partial charge is 0.246 e. The van der Waals surface area contributed by atoms with Crippen LogP contribution in [-0.4, -0.2) is 61.1 Å². The van der Waals surface area contributed by atoms with Gasteiger partial charge >= 0.3 is 0 Å². The molecular weight excluding hydrogens is 362 g/mol. The molecular formula is C20H25N3O3S. The fourth-order valence-corrected chi connectivity index (χ4v) is 3.66. The second-order valence-corrected chi connectivity index (χ2v) is 7.46. The molecule has 0 saturated carbocycles. The van der Waals surface area contributed by atoms with Crippen LogP contribution in [0.1, 0.15) is 16.3 Å². The maximum absolute atomic E-state index is 12.5. The van der Waals surface area contributed by atoms with Crippen molar-refractivity contribution >= 4 is 23.3 Å². The predicted octanol–water partition coefficient (Wildman–Crippen LogP) is 2.83. The van der Waals surface area contributed by atoms with Gasteiger partial charge in [0.1, 0.15) is 11.5 Å². The first-order chi connectivity index (χ1) is 13.1. The van der Waals surface area contributed by atoms with Gasteiger partial charge in [-0.15, -0.1) is 11.3 Å². The molecule has 1 fully saturated rings. The highest BCUT2D eigenvalue weighted by Gasteiger charge is 2.20. The van der Waals surface area contributed by atoms with Crippen LogP contribution in [-0.2, 0) is 11.3 Å². The summed E-state index contributed by atoms with van der Waals surface area (Å²) in [5, 5.41) is 3.20. The van der Waals surface area contributed by atoms with Gasteiger partial charge in [0.25, 0.3) is 0 Å². The second kappa shape index (κ2) is 9.01. The van der Waals surface area contributed by atoms with Crippen molar-refractivity contribution in [3.8, 4) is 11.5 Å². The lowest BCUT2D eigenvalue weighted by Crippen LogP contribution is -2.47. The minimum Gasteiger partial charge on any atom is -0.497 e. The standard InChI is InChI=1S/C20H25N3O3S/c1-15-21-17(14-27-15)13-22-8-10-23(11-9-22)20(24)7-5-16-4-6-18(25-2)12-19(16)26-3/h4-7,12,14H,8-11,13H2,1-3H3/b7-5+. The van der Waals surface area contributed by atoms with Crippen molar-refractivity contribution in [1.82, 2.24) is 14.8 Å². The summed E-state index contributed by atoms with van der Waals surface area (Å²) in [6.45, 7) is 6.06. The van der Waals surface area contributed by atoms with Crippen molar-refractivity contribution in [1.29, 1.82) is 0 Å². The number of carbonyl (C=O) groups is 1. The number of rotatable bonds is 6. The van der Waals surface area contributed by atoms with E-state index in [1.165, 1.54) is 0 Å². The van der Waals surface area contributed by atoms with E-state index in [0.29, 0.717) is 5.75 Å². The number of methoxy groups -OCH3 is 2. The number of benzene rings is 1. The van der Waals surface area contributed by atoms with E-state index in [1.54, 1.807) is 37.7 Å². The first kappa shape index (κ1) is 19.4. The first-order valence-corrected chi connectivity index (χ1v) is 9.79. The molecule has 1 saturated heterocycles. The molecule has 1 amide bonds. The Kier molecular flexibility index (Phi) is 6.47. The molecule has 0 radical (unpaired) electrons. The highest BCUT2D eigenvalue weighted by atomic mass is 32.1. The molecule has 1 aliphatic rings. The molecule has 144 valence electrons. The number of carbonyl (C=O) groups excluding carboxylic acids is 1. The maximum Gasteiger partial charge on any atom is 0.246 e. The Morgan fingerprint density at radius 2 is 2.00 bits per heavy atom. The summed E-state index contributed by atoms with van der Waals surface area (Å²) in [5.74, 6) is 1.43. The molecule has 0 bridgehead atoms. The molecule has 0 spiro atoms. The third kappa shape index (κ3) is 5.08. The second-order valence-electron chi connectivity index (χ2n) is 6.40. The lowest BCUT2D eigenvalue weighted by molar-refractivity contribution is -0.127. The molecule has 0 atom stereocenters. The van der Waals surface area contributed by atoms with Gasteiger partial charge in [0.15, 0.2) is 0 Å². The Labute approximate surface area is 164 Å². The van der Waals surface area contributed by atoms with E-state index < -0.39 is 0 Å². The van der Waals surface area contributed by atoms with Crippen molar-refractivity contribution in [2.24, 2.45) is 0 Å². The Bertz CT molecular complexity index is 811. The zero-order valence-electron chi connectivity index (χ0n) is 16.0. The number of aromatic nitrogens is 1. The predicted molar refractivity (Wildman–Crippen MR) is 107 cm³/mol. The van der Waals surface area contributed by atoms with E-state index in [2.05, 4.69) is 15.3 Å². The highest BCUT2D eigenvalue weighted by molar-refractivity contribution is 7.09. The van der Waals surface area contributed by atoms with Crippen molar-refractivity contribution < 1.29 is 14.3 Å². The summed E-state index contributed by atoms with van der Waals surface area (Å²) >= 11 is 1.68. The molecule has 1 aliphatic heterocycles. The summed E-state index contributed by atoms with van der Waals surface area (Å²) in [6, 6.07) is 5.55. The SMILES string of the molecule is COc1ccc(/C=C/C(=O)N2CCN(Cc3csc(C)n3)CC2)c(OC)c1. The number of ether oxygens (including phenoxy) is 2. The van der Waals surface area contributed by atoms with Crippen LogP contribution in [0.5, 0.6) is 11.5 Å². The molecule has 2 heterocycles. The molecule has 1 aromatic carbocycles. The number of nitrogens with zero attached hydrogens (tertiary/aromatic N) is 3. The highest BCUT2D eigenvalue weighted by Crippen LogP contribution is 2.25. The summed E-state index contributed by atoms with van der Waals surface area (Å²) in [7, 11) is 3.22. The molecule has 1 aromatic heterocycles. The van der Waals surface area contributed by atoms with Crippen LogP contribution in [0.15, 0.2) is 29.7 Å². The molecule has 0 aliphatic carbocycles. The topological polar surface area (TPSA) is 54.9 Å². The molecule has 6 nitrogen and oxygen atoms in total.